The molecule has 25 heavy (non-hydrogen) atoms. The van der Waals surface area contributed by atoms with E-state index in [9.17, 15) is 5.26 Å². The van der Waals surface area contributed by atoms with Crippen LogP contribution < -0.4 is 9.47 Å². The van der Waals surface area contributed by atoms with E-state index in [0.717, 1.165) is 5.56 Å². The van der Waals surface area contributed by atoms with Crippen molar-refractivity contribution in [1.29, 1.82) is 5.26 Å². The maximum Gasteiger partial charge on any atom is 0.161 e. The van der Waals surface area contributed by atoms with Crippen molar-refractivity contribution in [1.82, 2.24) is 0 Å². The Kier molecular flexibility index (Phi) is 8.74. The Hall–Kier alpha value is -1.77. The quantitative estimate of drug-likeness (QED) is 0.557. The molecule has 0 bridgehead atoms. The zero-order valence-corrected chi connectivity index (χ0v) is 16.3. The molecule has 0 saturated heterocycles. The average molecular weight is 349 g/mol. The molecular formula is C20H31NO4. The molecule has 1 rings (SSSR count). The van der Waals surface area contributed by atoms with Crippen LogP contribution in [0.1, 0.15) is 46.1 Å². The van der Waals surface area contributed by atoms with Gasteiger partial charge in [0.15, 0.2) is 17.8 Å². The summed E-state index contributed by atoms with van der Waals surface area (Å²) in [5.74, 6) is 1.41. The first-order valence-corrected chi connectivity index (χ1v) is 8.85. The molecule has 0 radical (unpaired) electrons. The molecule has 1 unspecified atom stereocenters. The van der Waals surface area contributed by atoms with Crippen LogP contribution in [0.15, 0.2) is 18.2 Å². The monoisotopic (exact) mass is 349 g/mol. The van der Waals surface area contributed by atoms with Crippen LogP contribution >= 0.6 is 0 Å². The van der Waals surface area contributed by atoms with Gasteiger partial charge in [0.1, 0.15) is 0 Å². The Morgan fingerprint density at radius 1 is 1.04 bits per heavy atom. The van der Waals surface area contributed by atoms with Gasteiger partial charge in [-0.2, -0.15) is 5.26 Å². The lowest BCUT2D eigenvalue weighted by Crippen LogP contribution is -2.33. The van der Waals surface area contributed by atoms with Crippen molar-refractivity contribution in [2.75, 3.05) is 27.4 Å². The van der Waals surface area contributed by atoms with Gasteiger partial charge in [-0.1, -0.05) is 19.9 Å². The van der Waals surface area contributed by atoms with E-state index in [-0.39, 0.29) is 12.2 Å². The van der Waals surface area contributed by atoms with Crippen LogP contribution in [0.5, 0.6) is 11.5 Å². The van der Waals surface area contributed by atoms with Crippen molar-refractivity contribution in [2.45, 2.75) is 52.2 Å². The van der Waals surface area contributed by atoms with Crippen molar-refractivity contribution >= 4 is 0 Å². The Bertz CT molecular complexity index is 561. The highest BCUT2D eigenvalue weighted by molar-refractivity contribution is 5.47. The van der Waals surface area contributed by atoms with E-state index in [1.807, 2.05) is 32.0 Å². The van der Waals surface area contributed by atoms with Crippen molar-refractivity contribution in [3.8, 4) is 17.6 Å². The van der Waals surface area contributed by atoms with Crippen molar-refractivity contribution in [3.63, 3.8) is 0 Å². The standard InChI is InChI=1S/C20H31NO4/c1-7-24-19(25-8-2)11-12-20(14-21,15(3)4)16-9-10-17(22-5)18(13-16)23-6/h9-10,13,15,19H,7-8,11-12H2,1-6H3. The molecule has 0 aliphatic rings. The van der Waals surface area contributed by atoms with Gasteiger partial charge < -0.3 is 18.9 Å². The Balaban J connectivity index is 3.17. The second-order valence-corrected chi connectivity index (χ2v) is 6.19. The van der Waals surface area contributed by atoms with Gasteiger partial charge in [-0.15, -0.1) is 0 Å². The molecule has 0 saturated carbocycles. The molecule has 0 aromatic heterocycles. The van der Waals surface area contributed by atoms with Crippen LogP contribution in [0.4, 0.5) is 0 Å². The van der Waals surface area contributed by atoms with Gasteiger partial charge in [0.2, 0.25) is 0 Å². The highest BCUT2D eigenvalue weighted by Crippen LogP contribution is 2.40. The molecule has 0 amide bonds. The molecule has 140 valence electrons. The van der Waals surface area contributed by atoms with E-state index in [4.69, 9.17) is 18.9 Å². The molecule has 0 fully saturated rings. The van der Waals surface area contributed by atoms with Crippen molar-refractivity contribution in [2.24, 2.45) is 5.92 Å². The minimum Gasteiger partial charge on any atom is -0.493 e. The predicted octanol–water partition coefficient (Wildman–Crippen LogP) is 4.30. The summed E-state index contributed by atoms with van der Waals surface area (Å²) in [5.41, 5.74) is 0.279. The maximum atomic E-state index is 10.1. The van der Waals surface area contributed by atoms with Gasteiger partial charge in [0.05, 0.1) is 25.7 Å². The SMILES string of the molecule is CCOC(CCC(C#N)(c1ccc(OC)c(OC)c1)C(C)C)OCC. The van der Waals surface area contributed by atoms with E-state index in [0.29, 0.717) is 37.6 Å². The fourth-order valence-electron chi connectivity index (χ4n) is 3.06. The smallest absolute Gasteiger partial charge is 0.161 e. The highest BCUT2D eigenvalue weighted by atomic mass is 16.7. The minimum absolute atomic E-state index is 0.125. The second-order valence-electron chi connectivity index (χ2n) is 6.19. The summed E-state index contributed by atoms with van der Waals surface area (Å²) < 4.78 is 22.0. The molecule has 1 atom stereocenters. The number of hydrogen-bond acceptors (Lipinski definition) is 5. The molecule has 0 N–H and O–H groups in total. The molecule has 0 aliphatic heterocycles. The molecule has 1 aromatic carbocycles. The van der Waals surface area contributed by atoms with Crippen LogP contribution in [0.25, 0.3) is 0 Å². The van der Waals surface area contributed by atoms with E-state index < -0.39 is 5.41 Å². The van der Waals surface area contributed by atoms with Crippen molar-refractivity contribution in [3.05, 3.63) is 23.8 Å². The van der Waals surface area contributed by atoms with Gasteiger partial charge in [0, 0.05) is 19.6 Å². The molecule has 0 aliphatic carbocycles. The van der Waals surface area contributed by atoms with Crippen LogP contribution in [-0.2, 0) is 14.9 Å². The van der Waals surface area contributed by atoms with Gasteiger partial charge >= 0.3 is 0 Å². The number of rotatable bonds is 11. The predicted molar refractivity (Wildman–Crippen MR) is 97.9 cm³/mol. The summed E-state index contributed by atoms with van der Waals surface area (Å²) in [6.07, 6.45) is 1.00. The zero-order chi connectivity index (χ0) is 18.9. The minimum atomic E-state index is -0.647. The summed E-state index contributed by atoms with van der Waals surface area (Å²) in [4.78, 5) is 0. The van der Waals surface area contributed by atoms with Crippen LogP contribution in [0, 0.1) is 17.2 Å². The number of nitrogens with zero attached hydrogens (tertiary/aromatic N) is 1. The number of ether oxygens (including phenoxy) is 4. The number of nitriles is 1. The summed E-state index contributed by atoms with van der Waals surface area (Å²) >= 11 is 0. The molecule has 0 spiro atoms. The number of methoxy groups -OCH3 is 2. The third-order valence-corrected chi connectivity index (χ3v) is 4.56. The van der Waals surface area contributed by atoms with Crippen LogP contribution in [0.2, 0.25) is 0 Å². The van der Waals surface area contributed by atoms with E-state index >= 15 is 0 Å². The van der Waals surface area contributed by atoms with Crippen LogP contribution in [0.3, 0.4) is 0 Å². The molecule has 1 aromatic rings. The number of benzene rings is 1. The van der Waals surface area contributed by atoms with E-state index in [1.54, 1.807) is 14.2 Å². The van der Waals surface area contributed by atoms with E-state index in [2.05, 4.69) is 19.9 Å². The first kappa shape index (κ1) is 21.3. The lowest BCUT2D eigenvalue weighted by molar-refractivity contribution is -0.141. The largest absolute Gasteiger partial charge is 0.493 e. The molecular weight excluding hydrogens is 318 g/mol. The van der Waals surface area contributed by atoms with Gasteiger partial charge in [-0.25, -0.2) is 0 Å². The topological polar surface area (TPSA) is 60.7 Å². The first-order chi connectivity index (χ1) is 12.0. The Morgan fingerprint density at radius 3 is 2.08 bits per heavy atom. The fourth-order valence-corrected chi connectivity index (χ4v) is 3.06. The first-order valence-electron chi connectivity index (χ1n) is 8.85. The molecule has 5 heteroatoms. The van der Waals surface area contributed by atoms with Crippen LogP contribution in [-0.4, -0.2) is 33.7 Å². The summed E-state index contributed by atoms with van der Waals surface area (Å²) in [6.45, 7) is 9.19. The maximum absolute atomic E-state index is 10.1. The van der Waals surface area contributed by atoms with Gasteiger partial charge in [-0.05, 0) is 43.9 Å². The average Bonchev–Trinajstić information content (AvgIpc) is 2.62. The van der Waals surface area contributed by atoms with E-state index in [1.165, 1.54) is 0 Å². The van der Waals surface area contributed by atoms with Crippen molar-refractivity contribution < 1.29 is 18.9 Å². The second kappa shape index (κ2) is 10.3. The zero-order valence-electron chi connectivity index (χ0n) is 16.3. The highest BCUT2D eigenvalue weighted by Gasteiger charge is 2.37. The Morgan fingerprint density at radius 2 is 1.64 bits per heavy atom. The number of hydrogen-bond donors (Lipinski definition) is 0. The molecule has 0 heterocycles. The molecule has 5 nitrogen and oxygen atoms in total. The van der Waals surface area contributed by atoms with Gasteiger partial charge in [-0.3, -0.25) is 0 Å². The lowest BCUT2D eigenvalue weighted by atomic mass is 9.69. The normalized spacial score (nSPS) is 13.6. The third-order valence-electron chi connectivity index (χ3n) is 4.56. The van der Waals surface area contributed by atoms with Gasteiger partial charge in [0.25, 0.3) is 0 Å². The lowest BCUT2D eigenvalue weighted by Gasteiger charge is -2.33. The summed E-state index contributed by atoms with van der Waals surface area (Å²) in [5, 5.41) is 10.1. The fraction of sp³-hybridized carbons (Fsp3) is 0.650. The Labute approximate surface area is 151 Å². The summed E-state index contributed by atoms with van der Waals surface area (Å²) in [6, 6.07) is 8.25. The third kappa shape index (κ3) is 5.10. The summed E-state index contributed by atoms with van der Waals surface area (Å²) in [7, 11) is 3.21.